The summed E-state index contributed by atoms with van der Waals surface area (Å²) in [5.74, 6) is -0.507. The minimum absolute atomic E-state index is 0.0352. The highest BCUT2D eigenvalue weighted by Gasteiger charge is 2.30. The van der Waals surface area contributed by atoms with Crippen LogP contribution in [0.2, 0.25) is 0 Å². The molecule has 0 aliphatic carbocycles. The minimum atomic E-state index is -0.839. The Bertz CT molecular complexity index is 358. The van der Waals surface area contributed by atoms with Crippen LogP contribution in [0.1, 0.15) is 39.5 Å². The van der Waals surface area contributed by atoms with Crippen LogP contribution < -0.4 is 5.32 Å². The maximum atomic E-state index is 12.5. The van der Waals surface area contributed by atoms with Gasteiger partial charge < -0.3 is 20.2 Å². The van der Waals surface area contributed by atoms with Crippen LogP contribution in [0.3, 0.4) is 0 Å². The molecule has 1 fully saturated rings. The number of nitrogens with zero attached hydrogens (tertiary/aromatic N) is 2. The Morgan fingerprint density at radius 1 is 1.33 bits per heavy atom. The van der Waals surface area contributed by atoms with E-state index in [0.717, 1.165) is 25.8 Å². The van der Waals surface area contributed by atoms with E-state index >= 15 is 0 Å². The lowest BCUT2D eigenvalue weighted by molar-refractivity contribution is -0.138. The SMILES string of the molecule is CC(C)C(CN(C)C)NC(=O)N1CCCCC1CC(=O)O. The zero-order valence-corrected chi connectivity index (χ0v) is 13.6. The number of carboxylic acid groups (broad SMARTS) is 1. The molecule has 1 aliphatic rings. The van der Waals surface area contributed by atoms with Crippen LogP contribution in [0.15, 0.2) is 0 Å². The van der Waals surface area contributed by atoms with Crippen LogP contribution in [-0.4, -0.2) is 66.2 Å². The van der Waals surface area contributed by atoms with Gasteiger partial charge in [0.05, 0.1) is 6.42 Å². The standard InChI is InChI=1S/C15H29N3O3/c1-11(2)13(10-17(3)4)16-15(21)18-8-6-5-7-12(18)9-14(19)20/h11-13H,5-10H2,1-4H3,(H,16,21)(H,19,20). The maximum Gasteiger partial charge on any atom is 0.317 e. The van der Waals surface area contributed by atoms with E-state index < -0.39 is 5.97 Å². The number of urea groups is 1. The van der Waals surface area contributed by atoms with Crippen LogP contribution in [0.4, 0.5) is 4.79 Å². The first-order chi connectivity index (χ1) is 9.81. The van der Waals surface area contributed by atoms with Crippen molar-refractivity contribution in [3.8, 4) is 0 Å². The smallest absolute Gasteiger partial charge is 0.317 e. The van der Waals surface area contributed by atoms with Crippen molar-refractivity contribution >= 4 is 12.0 Å². The van der Waals surface area contributed by atoms with E-state index in [1.54, 1.807) is 4.90 Å². The van der Waals surface area contributed by atoms with Crippen LogP contribution in [-0.2, 0) is 4.79 Å². The predicted octanol–water partition coefficient (Wildman–Crippen LogP) is 1.61. The van der Waals surface area contributed by atoms with Crippen LogP contribution >= 0.6 is 0 Å². The van der Waals surface area contributed by atoms with E-state index in [1.807, 2.05) is 14.1 Å². The molecule has 0 aromatic heterocycles. The number of piperidine rings is 1. The van der Waals surface area contributed by atoms with Gasteiger partial charge in [-0.05, 0) is 39.3 Å². The first-order valence-corrected chi connectivity index (χ1v) is 7.75. The van der Waals surface area contributed by atoms with Crippen molar-refractivity contribution in [1.82, 2.24) is 15.1 Å². The van der Waals surface area contributed by atoms with Crippen LogP contribution in [0.25, 0.3) is 0 Å². The summed E-state index contributed by atoms with van der Waals surface area (Å²) in [6.07, 6.45) is 2.75. The number of nitrogens with one attached hydrogen (secondary N) is 1. The van der Waals surface area contributed by atoms with Gasteiger partial charge in [0.1, 0.15) is 0 Å². The van der Waals surface area contributed by atoms with Gasteiger partial charge in [-0.3, -0.25) is 4.79 Å². The molecule has 2 unspecified atom stereocenters. The van der Waals surface area contributed by atoms with Crippen molar-refractivity contribution in [3.63, 3.8) is 0 Å². The van der Waals surface area contributed by atoms with Gasteiger partial charge in [-0.1, -0.05) is 13.8 Å². The van der Waals surface area contributed by atoms with Gasteiger partial charge in [-0.2, -0.15) is 0 Å². The average molecular weight is 299 g/mol. The van der Waals surface area contributed by atoms with Gasteiger partial charge in [0, 0.05) is 25.2 Å². The summed E-state index contributed by atoms with van der Waals surface area (Å²) in [6.45, 7) is 5.59. The lowest BCUT2D eigenvalue weighted by Gasteiger charge is -2.37. The molecule has 1 rings (SSSR count). The molecule has 1 heterocycles. The molecule has 2 N–H and O–H groups in total. The summed E-state index contributed by atoms with van der Waals surface area (Å²) >= 11 is 0. The summed E-state index contributed by atoms with van der Waals surface area (Å²) in [5, 5.41) is 12.1. The molecule has 0 aromatic rings. The number of rotatable bonds is 6. The van der Waals surface area contributed by atoms with Crippen LogP contribution in [0, 0.1) is 5.92 Å². The Balaban J connectivity index is 2.67. The molecule has 0 saturated carbocycles. The van der Waals surface area contributed by atoms with E-state index in [2.05, 4.69) is 24.1 Å². The molecule has 0 radical (unpaired) electrons. The molecule has 122 valence electrons. The van der Waals surface area contributed by atoms with Crippen molar-refractivity contribution < 1.29 is 14.7 Å². The lowest BCUT2D eigenvalue weighted by Crippen LogP contribution is -2.54. The molecule has 6 heteroatoms. The lowest BCUT2D eigenvalue weighted by atomic mass is 9.99. The van der Waals surface area contributed by atoms with Crippen molar-refractivity contribution in [2.75, 3.05) is 27.2 Å². The second-order valence-electron chi connectivity index (χ2n) is 6.50. The minimum Gasteiger partial charge on any atom is -0.481 e. The number of amides is 2. The first kappa shape index (κ1) is 17.8. The third-order valence-electron chi connectivity index (χ3n) is 3.97. The summed E-state index contributed by atoms with van der Waals surface area (Å²) < 4.78 is 0. The highest BCUT2D eigenvalue weighted by molar-refractivity contribution is 5.76. The van der Waals surface area contributed by atoms with Crippen molar-refractivity contribution in [3.05, 3.63) is 0 Å². The molecule has 0 aromatic carbocycles. The molecule has 1 aliphatic heterocycles. The molecule has 0 bridgehead atoms. The zero-order valence-electron chi connectivity index (χ0n) is 13.6. The first-order valence-electron chi connectivity index (χ1n) is 7.75. The molecular formula is C15H29N3O3. The van der Waals surface area contributed by atoms with E-state index in [4.69, 9.17) is 5.11 Å². The zero-order chi connectivity index (χ0) is 16.0. The normalized spacial score (nSPS) is 20.7. The van der Waals surface area contributed by atoms with Crippen molar-refractivity contribution in [1.29, 1.82) is 0 Å². The highest BCUT2D eigenvalue weighted by Crippen LogP contribution is 2.20. The molecular weight excluding hydrogens is 270 g/mol. The van der Waals surface area contributed by atoms with Gasteiger partial charge in [-0.25, -0.2) is 4.79 Å². The Labute approximate surface area is 127 Å². The van der Waals surface area contributed by atoms with E-state index in [9.17, 15) is 9.59 Å². The largest absolute Gasteiger partial charge is 0.481 e. The maximum absolute atomic E-state index is 12.5. The number of aliphatic carboxylic acids is 1. The second-order valence-corrected chi connectivity index (χ2v) is 6.50. The number of hydrogen-bond donors (Lipinski definition) is 2. The number of hydrogen-bond acceptors (Lipinski definition) is 3. The number of carbonyl (C=O) groups excluding carboxylic acids is 1. The number of carboxylic acids is 1. The molecule has 2 atom stereocenters. The van der Waals surface area contributed by atoms with Gasteiger partial charge >= 0.3 is 12.0 Å². The fourth-order valence-corrected chi connectivity index (χ4v) is 2.74. The molecule has 1 saturated heterocycles. The topological polar surface area (TPSA) is 72.9 Å². The van der Waals surface area contributed by atoms with Gasteiger partial charge in [-0.15, -0.1) is 0 Å². The Morgan fingerprint density at radius 3 is 2.52 bits per heavy atom. The van der Waals surface area contributed by atoms with Gasteiger partial charge in [0.2, 0.25) is 0 Å². The van der Waals surface area contributed by atoms with Crippen molar-refractivity contribution in [2.45, 2.75) is 51.6 Å². The fourth-order valence-electron chi connectivity index (χ4n) is 2.74. The molecule has 6 nitrogen and oxygen atoms in total. The summed E-state index contributed by atoms with van der Waals surface area (Å²) in [4.78, 5) is 27.2. The molecule has 0 spiro atoms. The van der Waals surface area contributed by atoms with Crippen LogP contribution in [0.5, 0.6) is 0 Å². The number of carbonyl (C=O) groups is 2. The number of likely N-dealkylation sites (N-methyl/N-ethyl adjacent to an activating group) is 1. The Morgan fingerprint density at radius 2 is 2.00 bits per heavy atom. The Kier molecular flexibility index (Phi) is 6.95. The van der Waals surface area contributed by atoms with Gasteiger partial charge in [0.15, 0.2) is 0 Å². The summed E-state index contributed by atoms with van der Waals surface area (Å²) in [5.41, 5.74) is 0. The van der Waals surface area contributed by atoms with Gasteiger partial charge in [0.25, 0.3) is 0 Å². The van der Waals surface area contributed by atoms with E-state index in [1.165, 1.54) is 0 Å². The Hall–Kier alpha value is -1.30. The van der Waals surface area contributed by atoms with E-state index in [-0.39, 0.29) is 24.5 Å². The second kappa shape index (κ2) is 8.22. The summed E-state index contributed by atoms with van der Waals surface area (Å²) in [6, 6.07) is -0.232. The van der Waals surface area contributed by atoms with E-state index in [0.29, 0.717) is 12.5 Å². The highest BCUT2D eigenvalue weighted by atomic mass is 16.4. The third-order valence-corrected chi connectivity index (χ3v) is 3.97. The number of likely N-dealkylation sites (tertiary alicyclic amines) is 1. The third kappa shape index (κ3) is 5.91. The quantitative estimate of drug-likeness (QED) is 0.781. The predicted molar refractivity (Wildman–Crippen MR) is 82.3 cm³/mol. The van der Waals surface area contributed by atoms with Crippen molar-refractivity contribution in [2.24, 2.45) is 5.92 Å². The molecule has 2 amide bonds. The fraction of sp³-hybridized carbons (Fsp3) is 0.867. The monoisotopic (exact) mass is 299 g/mol. The average Bonchev–Trinajstić information content (AvgIpc) is 2.37. The summed E-state index contributed by atoms with van der Waals surface area (Å²) in [7, 11) is 3.96. The molecule has 21 heavy (non-hydrogen) atoms.